The fourth-order valence-corrected chi connectivity index (χ4v) is 4.68. The second-order valence-electron chi connectivity index (χ2n) is 6.72. The van der Waals surface area contributed by atoms with Crippen molar-refractivity contribution in [2.45, 2.75) is 37.4 Å². The topological polar surface area (TPSA) is 62.3 Å². The van der Waals surface area contributed by atoms with E-state index in [9.17, 15) is 21.6 Å². The van der Waals surface area contributed by atoms with Crippen LogP contribution in [0.1, 0.15) is 23.1 Å². The molecule has 9 heteroatoms. The number of anilines is 1. The predicted molar refractivity (Wildman–Crippen MR) is 96.1 cm³/mol. The Bertz CT molecular complexity index is 928. The molecule has 27 heavy (non-hydrogen) atoms. The molecule has 0 radical (unpaired) electrons. The lowest BCUT2D eigenvalue weighted by atomic mass is 10.2. The molecule has 0 spiro atoms. The highest BCUT2D eigenvalue weighted by atomic mass is 32.2. The normalized spacial score (nSPS) is 18.1. The molecule has 1 aliphatic heterocycles. The minimum absolute atomic E-state index is 0.235. The Kier molecular flexibility index (Phi) is 5.18. The van der Waals surface area contributed by atoms with Crippen LogP contribution in [0.2, 0.25) is 0 Å². The number of nitrogens with zero attached hydrogens (tertiary/aromatic N) is 2. The Morgan fingerprint density at radius 3 is 2.52 bits per heavy atom. The molecule has 3 rings (SSSR count). The smallest absolute Gasteiger partial charge is 0.355 e. The van der Waals surface area contributed by atoms with Crippen molar-refractivity contribution in [3.63, 3.8) is 0 Å². The van der Waals surface area contributed by atoms with Crippen molar-refractivity contribution in [2.75, 3.05) is 18.0 Å². The van der Waals surface area contributed by atoms with E-state index in [1.54, 1.807) is 24.0 Å². The Morgan fingerprint density at radius 1 is 1.19 bits per heavy atom. The summed E-state index contributed by atoms with van der Waals surface area (Å²) in [5.41, 5.74) is 0.839. The second-order valence-corrected chi connectivity index (χ2v) is 8.41. The van der Waals surface area contributed by atoms with Gasteiger partial charge in [0.05, 0.1) is 10.5 Å². The van der Waals surface area contributed by atoms with Gasteiger partial charge in [-0.3, -0.25) is 0 Å². The van der Waals surface area contributed by atoms with E-state index >= 15 is 0 Å². The van der Waals surface area contributed by atoms with Crippen LogP contribution in [0, 0.1) is 13.8 Å². The first-order chi connectivity index (χ1) is 12.6. The van der Waals surface area contributed by atoms with Gasteiger partial charge in [-0.1, -0.05) is 17.7 Å². The summed E-state index contributed by atoms with van der Waals surface area (Å²) in [5, 5.41) is 0. The van der Waals surface area contributed by atoms with Crippen LogP contribution in [0.3, 0.4) is 0 Å². The van der Waals surface area contributed by atoms with E-state index in [0.29, 0.717) is 30.9 Å². The zero-order chi connectivity index (χ0) is 19.8. The van der Waals surface area contributed by atoms with Crippen LogP contribution in [-0.4, -0.2) is 32.5 Å². The van der Waals surface area contributed by atoms with Crippen LogP contribution >= 0.6 is 0 Å². The molecule has 2 heterocycles. The van der Waals surface area contributed by atoms with Gasteiger partial charge in [0.1, 0.15) is 5.82 Å². The number of aryl methyl sites for hydroxylation is 2. The van der Waals surface area contributed by atoms with Gasteiger partial charge >= 0.3 is 6.18 Å². The van der Waals surface area contributed by atoms with Crippen molar-refractivity contribution >= 4 is 15.8 Å². The molecular formula is C18H20F3N3O2S. The first-order valence-electron chi connectivity index (χ1n) is 8.44. The summed E-state index contributed by atoms with van der Waals surface area (Å²) in [6, 6.07) is 7.09. The highest BCUT2D eigenvalue weighted by Gasteiger charge is 2.32. The number of hydrogen-bond acceptors (Lipinski definition) is 4. The van der Waals surface area contributed by atoms with E-state index < -0.39 is 21.8 Å². The maximum atomic E-state index is 12.6. The third-order valence-electron chi connectivity index (χ3n) is 4.53. The maximum Gasteiger partial charge on any atom is 0.417 e. The van der Waals surface area contributed by atoms with Crippen molar-refractivity contribution in [3.8, 4) is 0 Å². The number of aromatic nitrogens is 1. The maximum absolute atomic E-state index is 12.6. The molecule has 1 fully saturated rings. The largest absolute Gasteiger partial charge is 0.417 e. The summed E-state index contributed by atoms with van der Waals surface area (Å²) in [5.74, 6) is 0.399. The molecule has 1 aromatic carbocycles. The van der Waals surface area contributed by atoms with E-state index in [1.165, 1.54) is 6.07 Å². The minimum atomic E-state index is -4.43. The van der Waals surface area contributed by atoms with Crippen molar-refractivity contribution in [1.29, 1.82) is 0 Å². The van der Waals surface area contributed by atoms with Crippen LogP contribution in [0.25, 0.3) is 0 Å². The number of alkyl halides is 3. The fraction of sp³-hybridized carbons (Fsp3) is 0.389. The average Bonchev–Trinajstić information content (AvgIpc) is 3.01. The number of halogens is 3. The Hall–Kier alpha value is -2.13. The van der Waals surface area contributed by atoms with Gasteiger partial charge in [0.25, 0.3) is 0 Å². The zero-order valence-electron chi connectivity index (χ0n) is 14.9. The average molecular weight is 399 g/mol. The Labute approximate surface area is 156 Å². The van der Waals surface area contributed by atoms with Crippen LogP contribution in [-0.2, 0) is 16.2 Å². The minimum Gasteiger partial charge on any atom is -0.355 e. The van der Waals surface area contributed by atoms with Gasteiger partial charge in [0, 0.05) is 25.3 Å². The molecule has 0 amide bonds. The first-order valence-corrected chi connectivity index (χ1v) is 9.92. The Morgan fingerprint density at radius 2 is 1.93 bits per heavy atom. The highest BCUT2D eigenvalue weighted by Crippen LogP contribution is 2.30. The fourth-order valence-electron chi connectivity index (χ4n) is 3.19. The molecule has 146 valence electrons. The number of sulfonamides is 1. The molecule has 1 aromatic heterocycles. The van der Waals surface area contributed by atoms with E-state index in [0.717, 1.165) is 17.8 Å². The summed E-state index contributed by atoms with van der Waals surface area (Å²) in [6.07, 6.45) is -3.09. The number of hydrogen-bond donors (Lipinski definition) is 1. The van der Waals surface area contributed by atoms with Crippen LogP contribution in [0.4, 0.5) is 19.0 Å². The molecule has 1 atom stereocenters. The van der Waals surface area contributed by atoms with Crippen LogP contribution < -0.4 is 9.62 Å². The molecule has 0 bridgehead atoms. The summed E-state index contributed by atoms with van der Waals surface area (Å²) >= 11 is 0. The van der Waals surface area contributed by atoms with E-state index in [4.69, 9.17) is 0 Å². The number of pyridine rings is 1. The van der Waals surface area contributed by atoms with Gasteiger partial charge in [0.2, 0.25) is 10.0 Å². The Balaban J connectivity index is 1.69. The summed E-state index contributed by atoms with van der Waals surface area (Å²) in [4.78, 5) is 5.88. The van der Waals surface area contributed by atoms with Crippen LogP contribution in [0.5, 0.6) is 0 Å². The third-order valence-corrected chi connectivity index (χ3v) is 6.21. The van der Waals surface area contributed by atoms with E-state index in [-0.39, 0.29) is 10.9 Å². The highest BCUT2D eigenvalue weighted by molar-refractivity contribution is 7.89. The quantitative estimate of drug-likeness (QED) is 0.857. The lowest BCUT2D eigenvalue weighted by Gasteiger charge is -2.19. The molecule has 1 N–H and O–H groups in total. The first kappa shape index (κ1) is 19.6. The predicted octanol–water partition coefficient (Wildman–Crippen LogP) is 3.27. The molecular weight excluding hydrogens is 379 g/mol. The summed E-state index contributed by atoms with van der Waals surface area (Å²) in [7, 11) is -3.67. The van der Waals surface area contributed by atoms with Gasteiger partial charge in [-0.25, -0.2) is 18.1 Å². The SMILES string of the molecule is Cc1ccc(S(=O)(=O)NC2CCN(c3ccc(C(F)(F)F)cn3)C2)c(C)c1. The van der Waals surface area contributed by atoms with Gasteiger partial charge in [-0.15, -0.1) is 0 Å². The monoisotopic (exact) mass is 399 g/mol. The second kappa shape index (κ2) is 7.12. The number of nitrogens with one attached hydrogen (secondary N) is 1. The lowest BCUT2D eigenvalue weighted by molar-refractivity contribution is -0.137. The summed E-state index contributed by atoms with van der Waals surface area (Å²) in [6.45, 7) is 4.50. The molecule has 0 aliphatic carbocycles. The molecule has 1 unspecified atom stereocenters. The van der Waals surface area contributed by atoms with Gasteiger partial charge in [0.15, 0.2) is 0 Å². The molecule has 5 nitrogen and oxygen atoms in total. The molecule has 2 aromatic rings. The lowest BCUT2D eigenvalue weighted by Crippen LogP contribution is -2.37. The van der Waals surface area contributed by atoms with Crippen molar-refractivity contribution < 1.29 is 21.6 Å². The zero-order valence-corrected chi connectivity index (χ0v) is 15.7. The molecule has 0 saturated carbocycles. The van der Waals surface area contributed by atoms with E-state index in [1.807, 2.05) is 13.0 Å². The van der Waals surface area contributed by atoms with Crippen LogP contribution in [0.15, 0.2) is 41.4 Å². The van der Waals surface area contributed by atoms with Gasteiger partial charge < -0.3 is 4.90 Å². The standard InChI is InChI=1S/C18H20F3N3O2S/c1-12-3-5-16(13(2)9-12)27(25,26)23-15-7-8-24(11-15)17-6-4-14(10-22-17)18(19,20)21/h3-6,9-10,15,23H,7-8,11H2,1-2H3. The van der Waals surface area contributed by atoms with Crippen molar-refractivity contribution in [2.24, 2.45) is 0 Å². The van der Waals surface area contributed by atoms with Crippen molar-refractivity contribution in [3.05, 3.63) is 53.2 Å². The van der Waals surface area contributed by atoms with Gasteiger partial charge in [-0.05, 0) is 44.0 Å². The molecule has 1 aliphatic rings. The van der Waals surface area contributed by atoms with E-state index in [2.05, 4.69) is 9.71 Å². The van der Waals surface area contributed by atoms with Crippen molar-refractivity contribution in [1.82, 2.24) is 9.71 Å². The number of benzene rings is 1. The molecule has 1 saturated heterocycles. The number of rotatable bonds is 4. The summed E-state index contributed by atoms with van der Waals surface area (Å²) < 4.78 is 65.9. The van der Waals surface area contributed by atoms with Gasteiger partial charge in [-0.2, -0.15) is 13.2 Å². The third kappa shape index (κ3) is 4.41.